The summed E-state index contributed by atoms with van der Waals surface area (Å²) in [5, 5.41) is 17.8. The number of amides is 4. The van der Waals surface area contributed by atoms with E-state index in [1.807, 2.05) is 0 Å². The highest BCUT2D eigenvalue weighted by molar-refractivity contribution is 5.93. The number of nitriles is 1. The van der Waals surface area contributed by atoms with Crippen LogP contribution in [-0.4, -0.2) is 73.2 Å². The summed E-state index contributed by atoms with van der Waals surface area (Å²) < 4.78 is 19.5. The Morgan fingerprint density at radius 2 is 1.97 bits per heavy atom. The molecule has 2 aliphatic carbocycles. The summed E-state index contributed by atoms with van der Waals surface area (Å²) in [6.45, 7) is 6.24. The molecule has 36 heavy (non-hydrogen) atoms. The van der Waals surface area contributed by atoms with Gasteiger partial charge in [0.25, 0.3) is 0 Å². The number of carbonyl (C=O) groups is 4. The molecule has 0 spiro atoms. The van der Waals surface area contributed by atoms with Gasteiger partial charge in [0.05, 0.1) is 13.2 Å². The number of alkyl carbamates (subject to hydrolysis) is 1. The third-order valence-corrected chi connectivity index (χ3v) is 8.54. The molecule has 0 aromatic carbocycles. The van der Waals surface area contributed by atoms with Crippen LogP contribution in [0.15, 0.2) is 0 Å². The summed E-state index contributed by atoms with van der Waals surface area (Å²) in [5.74, 6) is -2.03. The minimum atomic E-state index is -1.03. The van der Waals surface area contributed by atoms with E-state index in [2.05, 4.69) is 22.0 Å². The normalized spacial score (nSPS) is 34.4. The number of nitrogens with one attached hydrogen (secondary N) is 3. The first-order valence-corrected chi connectivity index (χ1v) is 12.7. The molecule has 10 nitrogen and oxygen atoms in total. The van der Waals surface area contributed by atoms with Crippen LogP contribution in [0.4, 0.5) is 9.18 Å². The Balaban J connectivity index is 1.59. The number of methoxy groups -OCH3 is 1. The van der Waals surface area contributed by atoms with Crippen LogP contribution in [0.1, 0.15) is 46.5 Å². The minimum absolute atomic E-state index is 0.0124. The van der Waals surface area contributed by atoms with Gasteiger partial charge in [-0.05, 0) is 54.8 Å². The first-order valence-electron chi connectivity index (χ1n) is 12.7. The van der Waals surface area contributed by atoms with Crippen molar-refractivity contribution in [1.82, 2.24) is 20.9 Å². The summed E-state index contributed by atoms with van der Waals surface area (Å²) in [6, 6.07) is -0.757. The molecule has 4 aliphatic rings. The Morgan fingerprint density at radius 3 is 2.56 bits per heavy atom. The second-order valence-corrected chi connectivity index (χ2v) is 11.7. The van der Waals surface area contributed by atoms with Gasteiger partial charge in [-0.1, -0.05) is 20.8 Å². The van der Waals surface area contributed by atoms with Crippen LogP contribution in [0.3, 0.4) is 0 Å². The maximum Gasteiger partial charge on any atom is 0.407 e. The smallest absolute Gasteiger partial charge is 0.407 e. The third-order valence-electron chi connectivity index (χ3n) is 8.54. The number of fused-ring (bicyclic) bond motifs is 5. The van der Waals surface area contributed by atoms with Crippen LogP contribution < -0.4 is 16.0 Å². The van der Waals surface area contributed by atoms with E-state index in [-0.39, 0.29) is 41.9 Å². The molecule has 0 aromatic rings. The molecule has 4 fully saturated rings. The lowest BCUT2D eigenvalue weighted by Crippen LogP contribution is -2.59. The number of hydrogen-bond acceptors (Lipinski definition) is 6. The van der Waals surface area contributed by atoms with E-state index in [0.717, 1.165) is 0 Å². The minimum Gasteiger partial charge on any atom is -0.453 e. The van der Waals surface area contributed by atoms with Crippen LogP contribution >= 0.6 is 0 Å². The molecule has 1 unspecified atom stereocenters. The van der Waals surface area contributed by atoms with E-state index in [1.165, 1.54) is 12.0 Å². The van der Waals surface area contributed by atoms with Gasteiger partial charge in [-0.3, -0.25) is 14.4 Å². The van der Waals surface area contributed by atoms with Gasteiger partial charge in [0.2, 0.25) is 17.7 Å². The lowest BCUT2D eigenvalue weighted by molar-refractivity contribution is -0.143. The zero-order valence-electron chi connectivity index (χ0n) is 21.3. The average Bonchev–Trinajstić information content (AvgIpc) is 3.57. The van der Waals surface area contributed by atoms with Crippen molar-refractivity contribution in [3.63, 3.8) is 0 Å². The highest BCUT2D eigenvalue weighted by Gasteiger charge is 2.63. The van der Waals surface area contributed by atoms with Gasteiger partial charge < -0.3 is 25.6 Å². The third kappa shape index (κ3) is 4.74. The lowest BCUT2D eigenvalue weighted by Gasteiger charge is -2.37. The fourth-order valence-electron chi connectivity index (χ4n) is 6.81. The van der Waals surface area contributed by atoms with Crippen molar-refractivity contribution in [1.29, 1.82) is 5.26 Å². The van der Waals surface area contributed by atoms with Crippen molar-refractivity contribution in [2.24, 2.45) is 35.0 Å². The van der Waals surface area contributed by atoms with Crippen molar-refractivity contribution in [3.8, 4) is 6.07 Å². The Bertz CT molecular complexity index is 961. The largest absolute Gasteiger partial charge is 0.453 e. The van der Waals surface area contributed by atoms with Crippen LogP contribution in [0.2, 0.25) is 0 Å². The molecule has 0 aromatic heterocycles. The number of likely N-dealkylation sites (tertiary alicyclic amines) is 1. The van der Waals surface area contributed by atoms with Crippen LogP contribution in [0.25, 0.3) is 0 Å². The number of ether oxygens (including phenoxy) is 1. The molecule has 9 atom stereocenters. The fraction of sp³-hybridized carbons (Fsp3) is 0.800. The predicted molar refractivity (Wildman–Crippen MR) is 126 cm³/mol. The molecule has 2 saturated heterocycles. The molecule has 3 N–H and O–H groups in total. The summed E-state index contributed by atoms with van der Waals surface area (Å²) in [7, 11) is 1.21. The lowest BCUT2D eigenvalue weighted by atomic mass is 9.77. The topological polar surface area (TPSA) is 141 Å². The first kappa shape index (κ1) is 26.2. The van der Waals surface area contributed by atoms with E-state index in [9.17, 15) is 28.8 Å². The van der Waals surface area contributed by atoms with E-state index in [1.54, 1.807) is 20.8 Å². The SMILES string of the molecule is COC(=O)NC(C(=O)N1C[C@@H]2[C@H]3C[C@@H]([C@@H]2[C@H]1C(=O)N[C@H](C#N)C[C@@H]1CCNC1=O)[C@H](F)C3)C(C)(C)C. The molecule has 0 radical (unpaired) electrons. The van der Waals surface area contributed by atoms with E-state index >= 15 is 0 Å². The number of halogens is 1. The second-order valence-electron chi connectivity index (χ2n) is 11.7. The fourth-order valence-corrected chi connectivity index (χ4v) is 6.81. The monoisotopic (exact) mass is 505 g/mol. The molecule has 2 aliphatic heterocycles. The molecule has 11 heteroatoms. The molecule has 4 rings (SSSR count). The summed E-state index contributed by atoms with van der Waals surface area (Å²) in [4.78, 5) is 53.0. The molecule has 2 heterocycles. The Morgan fingerprint density at radius 1 is 1.25 bits per heavy atom. The van der Waals surface area contributed by atoms with Gasteiger partial charge in [0, 0.05) is 19.0 Å². The molecule has 4 amide bonds. The van der Waals surface area contributed by atoms with Crippen LogP contribution in [0.5, 0.6) is 0 Å². The molecule has 2 bridgehead atoms. The van der Waals surface area contributed by atoms with E-state index < -0.39 is 47.6 Å². The van der Waals surface area contributed by atoms with Crippen molar-refractivity contribution in [3.05, 3.63) is 0 Å². The standard InChI is InChI=1S/C25H36FN5O5/c1-25(2,3)20(30-24(35)36-4)23(34)31-11-16-13-8-15(17(26)9-13)18(16)19(31)22(33)29-14(10-27)7-12-5-6-28-21(12)32/h12-20H,5-9,11H2,1-4H3,(H,28,32)(H,29,33)(H,30,35)/t12-,13-,14-,15+,16+,17+,18-,19-,20?/m0/s1. The highest BCUT2D eigenvalue weighted by Crippen LogP contribution is 2.58. The molecule has 198 valence electrons. The number of nitrogens with zero attached hydrogens (tertiary/aromatic N) is 2. The predicted octanol–water partition coefficient (Wildman–Crippen LogP) is 1.11. The zero-order valence-corrected chi connectivity index (χ0v) is 21.3. The Hall–Kier alpha value is -2.90. The van der Waals surface area contributed by atoms with Crippen molar-refractivity contribution >= 4 is 23.8 Å². The average molecular weight is 506 g/mol. The van der Waals surface area contributed by atoms with Crippen LogP contribution in [0, 0.1) is 46.3 Å². The van der Waals surface area contributed by atoms with Crippen LogP contribution in [-0.2, 0) is 19.1 Å². The van der Waals surface area contributed by atoms with Gasteiger partial charge in [-0.15, -0.1) is 0 Å². The van der Waals surface area contributed by atoms with E-state index in [4.69, 9.17) is 4.74 Å². The van der Waals surface area contributed by atoms with Crippen molar-refractivity contribution in [2.75, 3.05) is 20.2 Å². The summed E-state index contributed by atoms with van der Waals surface area (Å²) in [6.07, 6.45) is 0.104. The second kappa shape index (κ2) is 9.87. The summed E-state index contributed by atoms with van der Waals surface area (Å²) >= 11 is 0. The van der Waals surface area contributed by atoms with Crippen molar-refractivity contribution < 1.29 is 28.3 Å². The van der Waals surface area contributed by atoms with Gasteiger partial charge in [-0.25, -0.2) is 9.18 Å². The number of rotatable bonds is 6. The van der Waals surface area contributed by atoms with Gasteiger partial charge >= 0.3 is 6.09 Å². The highest BCUT2D eigenvalue weighted by atomic mass is 19.1. The molecule has 2 saturated carbocycles. The van der Waals surface area contributed by atoms with E-state index in [0.29, 0.717) is 32.4 Å². The summed E-state index contributed by atoms with van der Waals surface area (Å²) in [5.41, 5.74) is -0.684. The van der Waals surface area contributed by atoms with Crippen molar-refractivity contribution in [2.45, 2.75) is 70.8 Å². The zero-order chi connectivity index (χ0) is 26.4. The van der Waals surface area contributed by atoms with Gasteiger partial charge in [0.15, 0.2) is 0 Å². The Kier molecular flexibility index (Phi) is 7.17. The number of carbonyl (C=O) groups excluding carboxylic acids is 4. The quantitative estimate of drug-likeness (QED) is 0.494. The Labute approximate surface area is 210 Å². The number of hydrogen-bond donors (Lipinski definition) is 3. The first-order chi connectivity index (χ1) is 17.0. The van der Waals surface area contributed by atoms with Gasteiger partial charge in [-0.2, -0.15) is 5.26 Å². The molecular formula is C25H36FN5O5. The van der Waals surface area contributed by atoms with Gasteiger partial charge in [0.1, 0.15) is 24.3 Å². The maximum absolute atomic E-state index is 14.8. The molecular weight excluding hydrogens is 469 g/mol. The number of alkyl halides is 1. The maximum atomic E-state index is 14.8.